The van der Waals surface area contributed by atoms with Crippen LogP contribution in [0.1, 0.15) is 23.3 Å². The average Bonchev–Trinajstić information content (AvgIpc) is 2.77. The average molecular weight is 239 g/mol. The lowest BCUT2D eigenvalue weighted by atomic mass is 10.1. The molecule has 1 aromatic rings. The second-order valence-corrected chi connectivity index (χ2v) is 4.49. The molecule has 2 rings (SSSR count). The van der Waals surface area contributed by atoms with Gasteiger partial charge in [0.2, 0.25) is 0 Å². The van der Waals surface area contributed by atoms with Gasteiger partial charge in [0.05, 0.1) is 0 Å². The molecule has 17 heavy (non-hydrogen) atoms. The number of hydrogen-bond acceptors (Lipinski definition) is 5. The number of rotatable bonds is 3. The number of carboxylic acids is 1. The zero-order valence-corrected chi connectivity index (χ0v) is 10.1. The van der Waals surface area contributed by atoms with Crippen molar-refractivity contribution in [1.82, 2.24) is 9.88 Å². The van der Waals surface area contributed by atoms with Crippen molar-refractivity contribution in [2.75, 3.05) is 32.1 Å². The number of aromatic carboxylic acids is 1. The van der Waals surface area contributed by atoms with Crippen LogP contribution in [0.15, 0.2) is 10.7 Å². The molecule has 1 aromatic heterocycles. The summed E-state index contributed by atoms with van der Waals surface area (Å²) in [7, 11) is 3.97. The zero-order valence-electron chi connectivity index (χ0n) is 10.1. The summed E-state index contributed by atoms with van der Waals surface area (Å²) in [4.78, 5) is 18.8. The van der Waals surface area contributed by atoms with Gasteiger partial charge in [-0.15, -0.1) is 0 Å². The summed E-state index contributed by atoms with van der Waals surface area (Å²) in [5, 5.41) is 8.78. The van der Waals surface area contributed by atoms with Crippen molar-refractivity contribution in [3.63, 3.8) is 0 Å². The van der Waals surface area contributed by atoms with Crippen molar-refractivity contribution in [1.29, 1.82) is 0 Å². The first-order valence-electron chi connectivity index (χ1n) is 5.68. The van der Waals surface area contributed by atoms with Gasteiger partial charge in [-0.3, -0.25) is 0 Å². The van der Waals surface area contributed by atoms with Gasteiger partial charge in [-0.25, -0.2) is 4.79 Å². The van der Waals surface area contributed by atoms with Crippen LogP contribution < -0.4 is 4.90 Å². The molecule has 6 nitrogen and oxygen atoms in total. The number of oxazole rings is 1. The first-order valence-corrected chi connectivity index (χ1v) is 5.68. The topological polar surface area (TPSA) is 69.8 Å². The Labute approximate surface area is 99.8 Å². The minimum atomic E-state index is -1.06. The van der Waals surface area contributed by atoms with E-state index in [9.17, 15) is 4.79 Å². The lowest BCUT2D eigenvalue weighted by Crippen LogP contribution is -2.45. The number of hydrogen-bond donors (Lipinski definition) is 1. The number of anilines is 1. The highest BCUT2D eigenvalue weighted by Gasteiger charge is 2.24. The molecule has 0 radical (unpaired) electrons. The van der Waals surface area contributed by atoms with Crippen LogP contribution in [-0.2, 0) is 0 Å². The molecule has 1 N–H and O–H groups in total. The molecule has 6 heteroatoms. The molecule has 1 aliphatic rings. The van der Waals surface area contributed by atoms with E-state index in [4.69, 9.17) is 9.52 Å². The van der Waals surface area contributed by atoms with Gasteiger partial charge in [0.1, 0.15) is 6.26 Å². The highest BCUT2D eigenvalue weighted by Crippen LogP contribution is 2.20. The third-order valence-electron chi connectivity index (χ3n) is 3.16. The molecule has 0 amide bonds. The predicted molar refractivity (Wildman–Crippen MR) is 62.4 cm³/mol. The van der Waals surface area contributed by atoms with Crippen LogP contribution in [-0.4, -0.2) is 54.2 Å². The maximum atomic E-state index is 10.7. The van der Waals surface area contributed by atoms with Gasteiger partial charge in [0.15, 0.2) is 5.69 Å². The van der Waals surface area contributed by atoms with E-state index in [1.54, 1.807) is 0 Å². The third kappa shape index (κ3) is 2.58. The Bertz CT molecular complexity index is 404. The van der Waals surface area contributed by atoms with Gasteiger partial charge in [0.25, 0.3) is 6.01 Å². The van der Waals surface area contributed by atoms with Crippen molar-refractivity contribution in [3.05, 3.63) is 12.0 Å². The fraction of sp³-hybridized carbons (Fsp3) is 0.636. The molecule has 2 heterocycles. The Kier molecular flexibility index (Phi) is 3.33. The van der Waals surface area contributed by atoms with Crippen molar-refractivity contribution in [2.24, 2.45) is 0 Å². The largest absolute Gasteiger partial charge is 0.476 e. The summed E-state index contributed by atoms with van der Waals surface area (Å²) >= 11 is 0. The fourth-order valence-electron chi connectivity index (χ4n) is 2.14. The van der Waals surface area contributed by atoms with Crippen molar-refractivity contribution in [2.45, 2.75) is 18.9 Å². The lowest BCUT2D eigenvalue weighted by molar-refractivity contribution is 0.0690. The lowest BCUT2D eigenvalue weighted by Gasteiger charge is -2.34. The third-order valence-corrected chi connectivity index (χ3v) is 3.16. The van der Waals surface area contributed by atoms with E-state index in [2.05, 4.69) is 16.9 Å². The smallest absolute Gasteiger partial charge is 0.357 e. The van der Waals surface area contributed by atoms with E-state index in [0.717, 1.165) is 25.9 Å². The number of likely N-dealkylation sites (N-methyl/N-ethyl adjacent to an activating group) is 2. The Hall–Kier alpha value is -1.56. The number of nitrogens with zero attached hydrogens (tertiary/aromatic N) is 3. The maximum Gasteiger partial charge on any atom is 0.357 e. The quantitative estimate of drug-likeness (QED) is 0.845. The summed E-state index contributed by atoms with van der Waals surface area (Å²) in [6.07, 6.45) is 3.39. The SMILES string of the molecule is CN1CCCC(N(C)c2nc(C(=O)O)co2)C1. The summed E-state index contributed by atoms with van der Waals surface area (Å²) in [5.41, 5.74) is -0.0454. The Morgan fingerprint density at radius 1 is 1.71 bits per heavy atom. The number of aromatic nitrogens is 1. The number of carbonyl (C=O) groups is 1. The van der Waals surface area contributed by atoms with Crippen LogP contribution in [0.3, 0.4) is 0 Å². The molecule has 1 fully saturated rings. The first kappa shape index (κ1) is 11.9. The van der Waals surface area contributed by atoms with E-state index >= 15 is 0 Å². The maximum absolute atomic E-state index is 10.7. The predicted octanol–water partition coefficient (Wildman–Crippen LogP) is 0.903. The summed E-state index contributed by atoms with van der Waals surface area (Å²) in [6, 6.07) is 0.705. The van der Waals surface area contributed by atoms with Gasteiger partial charge in [-0.1, -0.05) is 0 Å². The molecule has 94 valence electrons. The van der Waals surface area contributed by atoms with E-state index < -0.39 is 5.97 Å². The number of carboxylic acid groups (broad SMARTS) is 1. The van der Waals surface area contributed by atoms with E-state index in [0.29, 0.717) is 12.1 Å². The van der Waals surface area contributed by atoms with Gasteiger partial charge < -0.3 is 19.3 Å². The van der Waals surface area contributed by atoms with Crippen molar-refractivity contribution >= 4 is 12.0 Å². The van der Waals surface area contributed by atoms with Gasteiger partial charge in [0, 0.05) is 19.6 Å². The van der Waals surface area contributed by atoms with Crippen LogP contribution in [0.25, 0.3) is 0 Å². The van der Waals surface area contributed by atoms with Crippen molar-refractivity contribution in [3.8, 4) is 0 Å². The van der Waals surface area contributed by atoms with E-state index in [1.165, 1.54) is 6.26 Å². The fourth-order valence-corrected chi connectivity index (χ4v) is 2.14. The highest BCUT2D eigenvalue weighted by atomic mass is 16.4. The molecule has 1 unspecified atom stereocenters. The van der Waals surface area contributed by atoms with Crippen LogP contribution in [0.2, 0.25) is 0 Å². The second kappa shape index (κ2) is 4.75. The Balaban J connectivity index is 2.07. The monoisotopic (exact) mass is 239 g/mol. The summed E-state index contributed by atoms with van der Waals surface area (Å²) < 4.78 is 5.19. The minimum absolute atomic E-state index is 0.0454. The highest BCUT2D eigenvalue weighted by molar-refractivity contribution is 5.85. The second-order valence-electron chi connectivity index (χ2n) is 4.49. The summed E-state index contributed by atoms with van der Waals surface area (Å²) in [6.45, 7) is 2.05. The molecule has 1 saturated heterocycles. The molecule has 1 atom stereocenters. The van der Waals surface area contributed by atoms with Gasteiger partial charge >= 0.3 is 5.97 Å². The van der Waals surface area contributed by atoms with Gasteiger partial charge in [-0.2, -0.15) is 4.98 Å². The molecule has 0 aliphatic carbocycles. The first-order chi connectivity index (χ1) is 8.08. The Morgan fingerprint density at radius 2 is 2.47 bits per heavy atom. The summed E-state index contributed by atoms with van der Waals surface area (Å²) in [5.74, 6) is -1.06. The van der Waals surface area contributed by atoms with Crippen molar-refractivity contribution < 1.29 is 14.3 Å². The number of likely N-dealkylation sites (tertiary alicyclic amines) is 1. The molecule has 0 spiro atoms. The van der Waals surface area contributed by atoms with Gasteiger partial charge in [-0.05, 0) is 26.4 Å². The molecule has 0 aromatic carbocycles. The molecular formula is C11H17N3O3. The molecular weight excluding hydrogens is 222 g/mol. The molecule has 0 saturated carbocycles. The normalized spacial score (nSPS) is 21.4. The number of piperidine rings is 1. The zero-order chi connectivity index (χ0) is 12.4. The van der Waals surface area contributed by atoms with E-state index in [1.807, 2.05) is 11.9 Å². The minimum Gasteiger partial charge on any atom is -0.476 e. The van der Waals surface area contributed by atoms with Crippen LogP contribution in [0.4, 0.5) is 6.01 Å². The molecule has 0 bridgehead atoms. The van der Waals surface area contributed by atoms with E-state index in [-0.39, 0.29) is 5.69 Å². The van der Waals surface area contributed by atoms with Crippen LogP contribution in [0.5, 0.6) is 0 Å². The standard InChI is InChI=1S/C11H17N3O3/c1-13-5-3-4-8(6-13)14(2)11-12-9(7-17-11)10(15)16/h7-8H,3-6H2,1-2H3,(H,15,16). The van der Waals surface area contributed by atoms with Crippen LogP contribution >= 0.6 is 0 Å². The molecule has 1 aliphatic heterocycles. The Morgan fingerprint density at radius 3 is 3.06 bits per heavy atom. The van der Waals surface area contributed by atoms with Crippen LogP contribution in [0, 0.1) is 0 Å².